The van der Waals surface area contributed by atoms with E-state index in [0.717, 1.165) is 5.56 Å². The van der Waals surface area contributed by atoms with E-state index in [2.05, 4.69) is 0 Å². The molecule has 0 fully saturated rings. The van der Waals surface area contributed by atoms with Crippen LogP contribution in [0, 0.1) is 17.0 Å². The van der Waals surface area contributed by atoms with Gasteiger partial charge in [0.25, 0.3) is 0 Å². The van der Waals surface area contributed by atoms with Gasteiger partial charge >= 0.3 is 5.69 Å². The molecule has 1 rings (SSSR count). The molecule has 4 nitrogen and oxygen atoms in total. The fraction of sp³-hybridized carbons (Fsp3) is 0.400. The number of nitro benzene ring substituents is 1. The standard InChI is InChI=1S/C10H13NO3S/c1-7(2)15-14-10-6-8(3)4-5-9(10)11(12)13/h4-7H,1-3H3. The second-order valence-electron chi connectivity index (χ2n) is 3.46. The van der Waals surface area contributed by atoms with Crippen molar-refractivity contribution in [3.63, 3.8) is 0 Å². The maximum absolute atomic E-state index is 10.7. The molecule has 0 aliphatic carbocycles. The fourth-order valence-electron chi connectivity index (χ4n) is 0.987. The second kappa shape index (κ2) is 5.02. The van der Waals surface area contributed by atoms with Crippen molar-refractivity contribution in [3.05, 3.63) is 33.9 Å². The van der Waals surface area contributed by atoms with Crippen molar-refractivity contribution in [1.82, 2.24) is 0 Å². The van der Waals surface area contributed by atoms with E-state index < -0.39 is 4.92 Å². The Kier molecular flexibility index (Phi) is 3.96. The highest BCUT2D eigenvalue weighted by Gasteiger charge is 2.15. The lowest BCUT2D eigenvalue weighted by molar-refractivity contribution is -0.385. The molecule has 0 saturated heterocycles. The first-order valence-electron chi connectivity index (χ1n) is 4.59. The second-order valence-corrected chi connectivity index (χ2v) is 4.76. The van der Waals surface area contributed by atoms with Crippen LogP contribution in [0.3, 0.4) is 0 Å². The molecule has 0 amide bonds. The predicted molar refractivity (Wildman–Crippen MR) is 61.2 cm³/mol. The molecule has 0 saturated carbocycles. The Labute approximate surface area is 93.0 Å². The third-order valence-electron chi connectivity index (χ3n) is 1.64. The molecule has 82 valence electrons. The zero-order valence-corrected chi connectivity index (χ0v) is 9.71. The highest BCUT2D eigenvalue weighted by molar-refractivity contribution is 7.95. The van der Waals surface area contributed by atoms with Crippen molar-refractivity contribution in [3.8, 4) is 5.75 Å². The van der Waals surface area contributed by atoms with E-state index in [1.807, 2.05) is 20.8 Å². The number of hydrogen-bond acceptors (Lipinski definition) is 4. The summed E-state index contributed by atoms with van der Waals surface area (Å²) in [5, 5.41) is 11.0. The third-order valence-corrected chi connectivity index (χ3v) is 2.30. The minimum absolute atomic E-state index is 0.00810. The summed E-state index contributed by atoms with van der Waals surface area (Å²) in [5.74, 6) is 0.318. The van der Waals surface area contributed by atoms with Gasteiger partial charge in [-0.25, -0.2) is 0 Å². The van der Waals surface area contributed by atoms with Crippen molar-refractivity contribution in [1.29, 1.82) is 0 Å². The van der Waals surface area contributed by atoms with Crippen LogP contribution in [-0.2, 0) is 0 Å². The van der Waals surface area contributed by atoms with E-state index >= 15 is 0 Å². The smallest absolute Gasteiger partial charge is 0.312 e. The predicted octanol–water partition coefficient (Wildman–Crippen LogP) is 3.34. The van der Waals surface area contributed by atoms with Gasteiger partial charge < -0.3 is 4.18 Å². The van der Waals surface area contributed by atoms with Crippen LogP contribution in [0.25, 0.3) is 0 Å². The Morgan fingerprint density at radius 1 is 1.47 bits per heavy atom. The van der Waals surface area contributed by atoms with Gasteiger partial charge in [0.2, 0.25) is 5.75 Å². The molecule has 15 heavy (non-hydrogen) atoms. The van der Waals surface area contributed by atoms with Crippen LogP contribution in [-0.4, -0.2) is 10.2 Å². The molecule has 1 aromatic carbocycles. The van der Waals surface area contributed by atoms with Gasteiger partial charge in [-0.05, 0) is 18.6 Å². The zero-order chi connectivity index (χ0) is 11.4. The van der Waals surface area contributed by atoms with Crippen LogP contribution >= 0.6 is 12.0 Å². The van der Waals surface area contributed by atoms with Crippen molar-refractivity contribution in [2.75, 3.05) is 0 Å². The van der Waals surface area contributed by atoms with Crippen molar-refractivity contribution in [2.45, 2.75) is 26.0 Å². The van der Waals surface area contributed by atoms with Crippen LogP contribution in [0.4, 0.5) is 5.69 Å². The Balaban J connectivity index is 2.92. The average molecular weight is 227 g/mol. The molecule has 1 aromatic rings. The molecule has 5 heteroatoms. The van der Waals surface area contributed by atoms with E-state index in [0.29, 0.717) is 5.75 Å². The first-order chi connectivity index (χ1) is 7.00. The van der Waals surface area contributed by atoms with E-state index in [1.165, 1.54) is 18.1 Å². The minimum Gasteiger partial charge on any atom is -0.418 e. The summed E-state index contributed by atoms with van der Waals surface area (Å²) >= 11 is 1.22. The number of rotatable bonds is 4. The normalized spacial score (nSPS) is 10.4. The lowest BCUT2D eigenvalue weighted by Crippen LogP contribution is -1.96. The number of aryl methyl sites for hydroxylation is 1. The molecule has 0 atom stereocenters. The quantitative estimate of drug-likeness (QED) is 0.449. The SMILES string of the molecule is Cc1ccc([N+](=O)[O-])c(OSC(C)C)c1. The van der Waals surface area contributed by atoms with Gasteiger partial charge in [0.15, 0.2) is 0 Å². The monoisotopic (exact) mass is 227 g/mol. The van der Waals surface area contributed by atoms with Gasteiger partial charge in [-0.3, -0.25) is 10.1 Å². The molecule has 0 spiro atoms. The topological polar surface area (TPSA) is 52.4 Å². The molecule has 0 N–H and O–H groups in total. The Bertz CT molecular complexity index is 366. The maximum atomic E-state index is 10.7. The van der Waals surface area contributed by atoms with Crippen LogP contribution in [0.2, 0.25) is 0 Å². The van der Waals surface area contributed by atoms with Gasteiger partial charge in [-0.1, -0.05) is 19.9 Å². The highest BCUT2D eigenvalue weighted by atomic mass is 32.2. The summed E-state index contributed by atoms with van der Waals surface area (Å²) in [4.78, 5) is 10.3. The van der Waals surface area contributed by atoms with Gasteiger partial charge in [0.1, 0.15) is 0 Å². The van der Waals surface area contributed by atoms with Gasteiger partial charge in [0.05, 0.1) is 17.0 Å². The number of nitrogens with zero attached hydrogens (tertiary/aromatic N) is 1. The third kappa shape index (κ3) is 3.43. The Hall–Kier alpha value is -1.23. The summed E-state index contributed by atoms with van der Waals surface area (Å²) in [6, 6.07) is 4.84. The molecular formula is C10H13NO3S. The van der Waals surface area contributed by atoms with Gasteiger partial charge in [0, 0.05) is 11.3 Å². The highest BCUT2D eigenvalue weighted by Crippen LogP contribution is 2.31. The lowest BCUT2D eigenvalue weighted by Gasteiger charge is -2.07. The Morgan fingerprint density at radius 2 is 2.13 bits per heavy atom. The number of nitro groups is 1. The van der Waals surface area contributed by atoms with Crippen molar-refractivity contribution in [2.24, 2.45) is 0 Å². The zero-order valence-electron chi connectivity index (χ0n) is 8.89. The molecule has 0 unspecified atom stereocenters. The first kappa shape index (κ1) is 11.8. The molecule has 0 bridgehead atoms. The van der Waals surface area contributed by atoms with Gasteiger partial charge in [-0.15, -0.1) is 0 Å². The summed E-state index contributed by atoms with van der Waals surface area (Å²) in [6.07, 6.45) is 0. The molecule has 0 heterocycles. The molecule has 0 radical (unpaired) electrons. The summed E-state index contributed by atoms with van der Waals surface area (Å²) in [5.41, 5.74) is 0.953. The number of hydrogen-bond donors (Lipinski definition) is 0. The van der Waals surface area contributed by atoms with Crippen LogP contribution < -0.4 is 4.18 Å². The summed E-state index contributed by atoms with van der Waals surface area (Å²) < 4.78 is 5.32. The maximum Gasteiger partial charge on any atom is 0.312 e. The summed E-state index contributed by atoms with van der Waals surface area (Å²) in [6.45, 7) is 5.80. The lowest BCUT2D eigenvalue weighted by atomic mass is 10.2. The van der Waals surface area contributed by atoms with Crippen LogP contribution in [0.1, 0.15) is 19.4 Å². The van der Waals surface area contributed by atoms with E-state index in [4.69, 9.17) is 4.18 Å². The molecule has 0 aliphatic heterocycles. The van der Waals surface area contributed by atoms with Crippen molar-refractivity contribution >= 4 is 17.7 Å². The van der Waals surface area contributed by atoms with Crippen molar-refractivity contribution < 1.29 is 9.11 Å². The summed E-state index contributed by atoms with van der Waals surface area (Å²) in [7, 11) is 0. The molecule has 0 aliphatic rings. The largest absolute Gasteiger partial charge is 0.418 e. The van der Waals surface area contributed by atoms with E-state index in [1.54, 1.807) is 12.1 Å². The van der Waals surface area contributed by atoms with E-state index in [-0.39, 0.29) is 10.9 Å². The minimum atomic E-state index is -0.435. The molecule has 0 aromatic heterocycles. The Morgan fingerprint density at radius 3 is 2.67 bits per heavy atom. The van der Waals surface area contributed by atoms with Gasteiger partial charge in [-0.2, -0.15) is 0 Å². The average Bonchev–Trinajstić information content (AvgIpc) is 2.14. The van der Waals surface area contributed by atoms with Crippen LogP contribution in [0.15, 0.2) is 18.2 Å². The fourth-order valence-corrected chi connectivity index (χ4v) is 1.42. The van der Waals surface area contributed by atoms with E-state index in [9.17, 15) is 10.1 Å². The molecular weight excluding hydrogens is 214 g/mol. The number of benzene rings is 1. The van der Waals surface area contributed by atoms with Crippen LogP contribution in [0.5, 0.6) is 5.75 Å². The first-order valence-corrected chi connectivity index (χ1v) is 5.39.